The SMILES string of the molecule is C[C@@H](O)c1nc2cnc3[nH]ccc3c2n1[C@H]1CCCO1. The van der Waals surface area contributed by atoms with Crippen molar-refractivity contribution in [3.05, 3.63) is 24.3 Å². The van der Waals surface area contributed by atoms with E-state index in [1.165, 1.54) is 0 Å². The first-order valence-corrected chi connectivity index (χ1v) is 6.89. The predicted molar refractivity (Wildman–Crippen MR) is 74.2 cm³/mol. The molecule has 0 aliphatic carbocycles. The van der Waals surface area contributed by atoms with E-state index in [0.29, 0.717) is 5.82 Å². The molecule has 0 aromatic carbocycles. The number of ether oxygens (including phenoxy) is 1. The summed E-state index contributed by atoms with van der Waals surface area (Å²) in [7, 11) is 0. The maximum Gasteiger partial charge on any atom is 0.140 e. The van der Waals surface area contributed by atoms with Gasteiger partial charge in [0.2, 0.25) is 0 Å². The van der Waals surface area contributed by atoms with Gasteiger partial charge in [-0.25, -0.2) is 9.97 Å². The molecule has 104 valence electrons. The monoisotopic (exact) mass is 272 g/mol. The van der Waals surface area contributed by atoms with Crippen LogP contribution in [0.15, 0.2) is 18.5 Å². The summed E-state index contributed by atoms with van der Waals surface area (Å²) in [5.74, 6) is 0.641. The van der Waals surface area contributed by atoms with Crippen molar-refractivity contribution in [3.63, 3.8) is 0 Å². The van der Waals surface area contributed by atoms with E-state index in [0.717, 1.165) is 41.5 Å². The Labute approximate surface area is 115 Å². The number of nitrogens with one attached hydrogen (secondary N) is 1. The smallest absolute Gasteiger partial charge is 0.140 e. The van der Waals surface area contributed by atoms with Gasteiger partial charge >= 0.3 is 0 Å². The minimum Gasteiger partial charge on any atom is -0.385 e. The number of imidazole rings is 1. The number of rotatable bonds is 2. The number of aliphatic hydroxyl groups excluding tert-OH is 1. The summed E-state index contributed by atoms with van der Waals surface area (Å²) in [6.45, 7) is 2.49. The minimum absolute atomic E-state index is 0.0508. The van der Waals surface area contributed by atoms with E-state index in [2.05, 4.69) is 15.0 Å². The number of hydrogen-bond donors (Lipinski definition) is 2. The van der Waals surface area contributed by atoms with Gasteiger partial charge in [0.25, 0.3) is 0 Å². The molecule has 0 saturated carbocycles. The van der Waals surface area contributed by atoms with Crippen molar-refractivity contribution in [2.24, 2.45) is 0 Å². The molecule has 1 fully saturated rings. The van der Waals surface area contributed by atoms with Crippen LogP contribution in [0.5, 0.6) is 0 Å². The average molecular weight is 272 g/mol. The van der Waals surface area contributed by atoms with Gasteiger partial charge in [0.1, 0.15) is 29.3 Å². The Morgan fingerprint density at radius 3 is 3.20 bits per heavy atom. The number of H-pyrrole nitrogens is 1. The Hall–Kier alpha value is -1.92. The molecule has 0 radical (unpaired) electrons. The molecule has 20 heavy (non-hydrogen) atoms. The minimum atomic E-state index is -0.638. The van der Waals surface area contributed by atoms with Crippen LogP contribution in [0.25, 0.3) is 22.1 Å². The first-order valence-electron chi connectivity index (χ1n) is 6.89. The lowest BCUT2D eigenvalue weighted by molar-refractivity contribution is 0.0505. The molecule has 0 bridgehead atoms. The van der Waals surface area contributed by atoms with Crippen molar-refractivity contribution in [3.8, 4) is 0 Å². The third-order valence-corrected chi connectivity index (χ3v) is 3.83. The van der Waals surface area contributed by atoms with Crippen LogP contribution in [-0.4, -0.2) is 31.2 Å². The summed E-state index contributed by atoms with van der Waals surface area (Å²) < 4.78 is 7.84. The lowest BCUT2D eigenvalue weighted by atomic mass is 10.2. The van der Waals surface area contributed by atoms with Crippen molar-refractivity contribution in [1.29, 1.82) is 0 Å². The predicted octanol–water partition coefficient (Wildman–Crippen LogP) is 2.27. The lowest BCUT2D eigenvalue weighted by Crippen LogP contribution is -2.13. The Morgan fingerprint density at radius 1 is 1.55 bits per heavy atom. The summed E-state index contributed by atoms with van der Waals surface area (Å²) in [5.41, 5.74) is 2.61. The molecular weight excluding hydrogens is 256 g/mol. The number of nitrogens with zero attached hydrogens (tertiary/aromatic N) is 3. The molecule has 2 atom stereocenters. The van der Waals surface area contributed by atoms with E-state index in [1.807, 2.05) is 16.8 Å². The highest BCUT2D eigenvalue weighted by Gasteiger charge is 2.26. The van der Waals surface area contributed by atoms with Crippen molar-refractivity contribution in [1.82, 2.24) is 19.5 Å². The Morgan fingerprint density at radius 2 is 2.45 bits per heavy atom. The quantitative estimate of drug-likeness (QED) is 0.750. The molecule has 4 heterocycles. The van der Waals surface area contributed by atoms with E-state index in [9.17, 15) is 5.11 Å². The van der Waals surface area contributed by atoms with Gasteiger partial charge in [0.15, 0.2) is 0 Å². The van der Waals surface area contributed by atoms with E-state index < -0.39 is 6.10 Å². The first kappa shape index (κ1) is 11.9. The second-order valence-corrected chi connectivity index (χ2v) is 5.22. The van der Waals surface area contributed by atoms with Gasteiger partial charge in [-0.05, 0) is 25.8 Å². The Balaban J connectivity index is 2.08. The van der Waals surface area contributed by atoms with Crippen molar-refractivity contribution in [2.45, 2.75) is 32.1 Å². The summed E-state index contributed by atoms with van der Waals surface area (Å²) in [5, 5.41) is 11.0. The Kier molecular flexibility index (Phi) is 2.55. The zero-order valence-corrected chi connectivity index (χ0v) is 11.2. The lowest BCUT2D eigenvalue weighted by Gasteiger charge is -2.17. The van der Waals surface area contributed by atoms with Crippen LogP contribution in [0.3, 0.4) is 0 Å². The van der Waals surface area contributed by atoms with Crippen molar-refractivity contribution < 1.29 is 9.84 Å². The number of pyridine rings is 1. The molecule has 4 rings (SSSR count). The molecule has 1 saturated heterocycles. The van der Waals surface area contributed by atoms with E-state index in [1.54, 1.807) is 13.1 Å². The third-order valence-electron chi connectivity index (χ3n) is 3.83. The van der Waals surface area contributed by atoms with Crippen molar-refractivity contribution in [2.75, 3.05) is 6.61 Å². The van der Waals surface area contributed by atoms with Crippen LogP contribution in [-0.2, 0) is 4.74 Å². The van der Waals surface area contributed by atoms with Crippen LogP contribution >= 0.6 is 0 Å². The molecule has 1 aliphatic rings. The van der Waals surface area contributed by atoms with Crippen LogP contribution in [0.4, 0.5) is 0 Å². The number of hydrogen-bond acceptors (Lipinski definition) is 4. The summed E-state index contributed by atoms with van der Waals surface area (Å²) in [6, 6.07) is 1.99. The van der Waals surface area contributed by atoms with Crippen LogP contribution in [0.2, 0.25) is 0 Å². The highest BCUT2D eigenvalue weighted by molar-refractivity contribution is 6.01. The normalized spacial score (nSPS) is 21.0. The molecule has 3 aromatic rings. The average Bonchev–Trinajstić information content (AvgIpc) is 3.15. The molecule has 6 nitrogen and oxygen atoms in total. The fraction of sp³-hybridized carbons (Fsp3) is 0.429. The van der Waals surface area contributed by atoms with Crippen LogP contribution in [0, 0.1) is 0 Å². The number of aliphatic hydroxyl groups is 1. The van der Waals surface area contributed by atoms with Gasteiger partial charge in [0.05, 0.1) is 11.7 Å². The van der Waals surface area contributed by atoms with Crippen LogP contribution in [0.1, 0.15) is 37.9 Å². The summed E-state index contributed by atoms with van der Waals surface area (Å²) in [6.07, 6.45) is 4.90. The summed E-state index contributed by atoms with van der Waals surface area (Å²) >= 11 is 0. The second-order valence-electron chi connectivity index (χ2n) is 5.22. The standard InChI is InChI=1S/C14H16N4O2/c1-8(19)14-17-10-7-16-13-9(4-5-15-13)12(10)18(14)11-3-2-6-20-11/h4-5,7-8,11,19H,2-3,6H2,1H3,(H,15,16)/t8-,11-/m1/s1. The zero-order valence-electron chi connectivity index (χ0n) is 11.2. The Bertz CT molecular complexity index is 768. The van der Waals surface area contributed by atoms with Gasteiger partial charge in [-0.3, -0.25) is 4.57 Å². The molecule has 1 aliphatic heterocycles. The largest absolute Gasteiger partial charge is 0.385 e. The number of aromatic nitrogens is 4. The molecule has 2 N–H and O–H groups in total. The van der Waals surface area contributed by atoms with Gasteiger partial charge in [-0.1, -0.05) is 0 Å². The second kappa shape index (κ2) is 4.29. The van der Waals surface area contributed by atoms with Gasteiger partial charge < -0.3 is 14.8 Å². The number of fused-ring (bicyclic) bond motifs is 3. The highest BCUT2D eigenvalue weighted by atomic mass is 16.5. The maximum atomic E-state index is 10.0. The van der Waals surface area contributed by atoms with Crippen molar-refractivity contribution >= 4 is 22.1 Å². The fourth-order valence-corrected chi connectivity index (χ4v) is 2.96. The topological polar surface area (TPSA) is 76.0 Å². The maximum absolute atomic E-state index is 10.0. The molecule has 0 amide bonds. The van der Waals surface area contributed by atoms with Gasteiger partial charge in [-0.15, -0.1) is 0 Å². The fourth-order valence-electron chi connectivity index (χ4n) is 2.96. The van der Waals surface area contributed by atoms with Crippen LogP contribution < -0.4 is 0 Å². The highest BCUT2D eigenvalue weighted by Crippen LogP contribution is 2.34. The van der Waals surface area contributed by atoms with E-state index >= 15 is 0 Å². The van der Waals surface area contributed by atoms with Gasteiger partial charge in [0, 0.05) is 18.2 Å². The molecule has 0 spiro atoms. The first-order chi connectivity index (χ1) is 9.75. The van der Waals surface area contributed by atoms with E-state index in [-0.39, 0.29) is 6.23 Å². The third kappa shape index (κ3) is 1.58. The van der Waals surface area contributed by atoms with E-state index in [4.69, 9.17) is 4.74 Å². The van der Waals surface area contributed by atoms with Gasteiger partial charge in [-0.2, -0.15) is 0 Å². The molecule has 0 unspecified atom stereocenters. The zero-order chi connectivity index (χ0) is 13.7. The molecule has 3 aromatic heterocycles. The number of aromatic amines is 1. The molecule has 6 heteroatoms. The molecular formula is C14H16N4O2. The summed E-state index contributed by atoms with van der Waals surface area (Å²) in [4.78, 5) is 12.0.